The van der Waals surface area contributed by atoms with Gasteiger partial charge in [0.05, 0.1) is 19.3 Å². The second kappa shape index (κ2) is 11.6. The Balaban J connectivity index is 0.00000353. The van der Waals surface area contributed by atoms with Gasteiger partial charge in [-0.25, -0.2) is 0 Å². The molecule has 3 aromatic rings. The molecule has 0 radical (unpaired) electrons. The summed E-state index contributed by atoms with van der Waals surface area (Å²) in [6.45, 7) is 16.0. The van der Waals surface area contributed by atoms with E-state index in [9.17, 15) is 0 Å². The molecule has 0 saturated heterocycles. The standard InChI is InChI=1S/C35H40Cl2Si.Zr/c1-21(2)19-34(36)24(6)32(30-23(5)13-11-17-28(30)34)38-33-25(7)35(37,20-22(3)4)29-18-12-16-27(31(29)33)26-14-9-8-10-15-26;/h8-18,21-22H,19-20,38H2,1-7H3;. The molecule has 2 aliphatic rings. The normalized spacial score (nSPS) is 22.3. The number of aryl methyl sites for hydroxylation is 1. The molecule has 0 spiro atoms. The summed E-state index contributed by atoms with van der Waals surface area (Å²) >= 11 is 15.3. The summed E-state index contributed by atoms with van der Waals surface area (Å²) in [7, 11) is -0.911. The first-order chi connectivity index (χ1) is 18.0. The Labute approximate surface area is 267 Å². The Kier molecular flexibility index (Phi) is 9.15. The minimum absolute atomic E-state index is 0. The predicted molar refractivity (Wildman–Crippen MR) is 171 cm³/mol. The molecule has 0 bridgehead atoms. The molecule has 2 aliphatic carbocycles. The van der Waals surface area contributed by atoms with E-state index >= 15 is 0 Å². The fraction of sp³-hybridized carbons (Fsp3) is 0.371. The maximum absolute atomic E-state index is 7.70. The van der Waals surface area contributed by atoms with Gasteiger partial charge in [0.2, 0.25) is 0 Å². The molecule has 5 rings (SSSR count). The van der Waals surface area contributed by atoms with Gasteiger partial charge in [0.1, 0.15) is 0 Å². The summed E-state index contributed by atoms with van der Waals surface area (Å²) in [5.74, 6) is 1.00. The van der Waals surface area contributed by atoms with Crippen LogP contribution in [0.5, 0.6) is 0 Å². The fourth-order valence-corrected chi connectivity index (χ4v) is 11.1. The van der Waals surface area contributed by atoms with E-state index in [1.165, 1.54) is 60.5 Å². The molecular weight excluding hydrogens is 611 g/mol. The molecular formula is C35H40Cl2SiZr. The Morgan fingerprint density at radius 2 is 1.13 bits per heavy atom. The molecule has 0 heterocycles. The average molecular weight is 651 g/mol. The van der Waals surface area contributed by atoms with E-state index in [1.807, 2.05) is 0 Å². The zero-order chi connectivity index (χ0) is 27.4. The Morgan fingerprint density at radius 1 is 0.641 bits per heavy atom. The zero-order valence-electron chi connectivity index (χ0n) is 24.4. The van der Waals surface area contributed by atoms with Crippen molar-refractivity contribution in [3.05, 3.63) is 106 Å². The van der Waals surface area contributed by atoms with Crippen molar-refractivity contribution >= 4 is 43.1 Å². The number of fused-ring (bicyclic) bond motifs is 2. The van der Waals surface area contributed by atoms with Gasteiger partial charge in [0.25, 0.3) is 0 Å². The molecule has 202 valence electrons. The topological polar surface area (TPSA) is 0 Å². The van der Waals surface area contributed by atoms with E-state index in [2.05, 4.69) is 115 Å². The number of hydrogen-bond donors (Lipinski definition) is 0. The van der Waals surface area contributed by atoms with Crippen molar-refractivity contribution in [3.8, 4) is 11.1 Å². The molecule has 0 aliphatic heterocycles. The van der Waals surface area contributed by atoms with Gasteiger partial charge >= 0.3 is 0 Å². The largest absolute Gasteiger partial charge is 0.109 e. The van der Waals surface area contributed by atoms with E-state index < -0.39 is 19.3 Å². The number of halogens is 2. The summed E-state index contributed by atoms with van der Waals surface area (Å²) in [5, 5.41) is 3.02. The Morgan fingerprint density at radius 3 is 1.67 bits per heavy atom. The molecule has 0 fully saturated rings. The number of hydrogen-bond acceptors (Lipinski definition) is 0. The van der Waals surface area contributed by atoms with Crippen LogP contribution in [0.2, 0.25) is 0 Å². The smallest absolute Gasteiger partial charge is 0.0912 e. The van der Waals surface area contributed by atoms with Crippen molar-refractivity contribution in [2.75, 3.05) is 0 Å². The monoisotopic (exact) mass is 648 g/mol. The fourth-order valence-electron chi connectivity index (χ4n) is 6.99. The van der Waals surface area contributed by atoms with Gasteiger partial charge in [-0.05, 0) is 95.5 Å². The van der Waals surface area contributed by atoms with Crippen molar-refractivity contribution in [1.82, 2.24) is 0 Å². The number of benzene rings is 3. The van der Waals surface area contributed by atoms with E-state index in [-0.39, 0.29) is 26.2 Å². The molecule has 4 heteroatoms. The van der Waals surface area contributed by atoms with Crippen LogP contribution in [0.25, 0.3) is 21.5 Å². The quantitative estimate of drug-likeness (QED) is 0.176. The van der Waals surface area contributed by atoms with Crippen molar-refractivity contribution in [2.45, 2.75) is 71.1 Å². The third-order valence-corrected chi connectivity index (χ3v) is 12.5. The van der Waals surface area contributed by atoms with E-state index in [4.69, 9.17) is 23.2 Å². The van der Waals surface area contributed by atoms with Crippen LogP contribution in [0.4, 0.5) is 0 Å². The zero-order valence-corrected chi connectivity index (χ0v) is 29.8. The summed E-state index contributed by atoms with van der Waals surface area (Å²) in [6.07, 6.45) is 1.88. The summed E-state index contributed by atoms with van der Waals surface area (Å²) < 4.78 is 0. The molecule has 0 saturated carbocycles. The van der Waals surface area contributed by atoms with Crippen molar-refractivity contribution in [3.63, 3.8) is 0 Å². The summed E-state index contributed by atoms with van der Waals surface area (Å²) in [4.78, 5) is -0.892. The van der Waals surface area contributed by atoms with Crippen LogP contribution in [0.1, 0.15) is 82.2 Å². The second-order valence-electron chi connectivity index (χ2n) is 12.3. The van der Waals surface area contributed by atoms with Crippen LogP contribution in [0.15, 0.2) is 77.9 Å². The van der Waals surface area contributed by atoms with Crippen molar-refractivity contribution in [2.24, 2.45) is 11.8 Å². The van der Waals surface area contributed by atoms with Crippen LogP contribution in [-0.4, -0.2) is 9.52 Å². The van der Waals surface area contributed by atoms with Crippen LogP contribution in [-0.2, 0) is 36.0 Å². The first-order valence-corrected chi connectivity index (χ1v) is 16.2. The Hall–Kier alpha value is -1.18. The first-order valence-electron chi connectivity index (χ1n) is 14.1. The van der Waals surface area contributed by atoms with Gasteiger partial charge in [-0.2, -0.15) is 0 Å². The number of rotatable bonds is 7. The number of alkyl halides is 2. The molecule has 2 unspecified atom stereocenters. The third kappa shape index (κ3) is 5.18. The molecule has 0 N–H and O–H groups in total. The van der Waals surface area contributed by atoms with Crippen LogP contribution >= 0.6 is 23.2 Å². The number of allylic oxidation sites excluding steroid dienone is 2. The minimum Gasteiger partial charge on any atom is -0.109 e. The van der Waals surface area contributed by atoms with Gasteiger partial charge in [-0.1, -0.05) is 105 Å². The third-order valence-electron chi connectivity index (χ3n) is 8.71. The van der Waals surface area contributed by atoms with Crippen LogP contribution in [0, 0.1) is 18.8 Å². The summed E-state index contributed by atoms with van der Waals surface area (Å²) in [5.41, 5.74) is 12.0. The molecule has 0 aromatic heterocycles. The molecule has 2 atom stereocenters. The second-order valence-corrected chi connectivity index (χ2v) is 15.3. The van der Waals surface area contributed by atoms with Crippen molar-refractivity contribution in [1.29, 1.82) is 0 Å². The SMILES string of the molecule is CC1=C([SiH2]C2=C(C)C(Cl)(CC(C)C)c3cccc(-c4ccccc4)c32)c2c(C)cccc2C1(Cl)CC(C)C.[Zr]. The molecule has 0 amide bonds. The van der Waals surface area contributed by atoms with Gasteiger partial charge in [-0.15, -0.1) is 23.2 Å². The van der Waals surface area contributed by atoms with E-state index in [1.54, 1.807) is 0 Å². The van der Waals surface area contributed by atoms with E-state index in [0.29, 0.717) is 11.8 Å². The maximum atomic E-state index is 7.70. The van der Waals surface area contributed by atoms with Crippen LogP contribution in [0.3, 0.4) is 0 Å². The van der Waals surface area contributed by atoms with Gasteiger partial charge in [0.15, 0.2) is 0 Å². The minimum atomic E-state index is -0.911. The van der Waals surface area contributed by atoms with Gasteiger partial charge in [-0.3, -0.25) is 0 Å². The maximum Gasteiger partial charge on any atom is 0.0912 e. The average Bonchev–Trinajstić information content (AvgIpc) is 3.20. The van der Waals surface area contributed by atoms with Crippen LogP contribution < -0.4 is 0 Å². The Bertz CT molecular complexity index is 1450. The van der Waals surface area contributed by atoms with Gasteiger partial charge < -0.3 is 0 Å². The predicted octanol–water partition coefficient (Wildman–Crippen LogP) is 9.98. The van der Waals surface area contributed by atoms with Gasteiger partial charge in [0, 0.05) is 26.2 Å². The molecule has 0 nitrogen and oxygen atoms in total. The summed E-state index contributed by atoms with van der Waals surface area (Å²) in [6, 6.07) is 24.3. The molecule has 39 heavy (non-hydrogen) atoms. The van der Waals surface area contributed by atoms with Crippen molar-refractivity contribution < 1.29 is 26.2 Å². The molecule has 3 aromatic carbocycles. The van der Waals surface area contributed by atoms with E-state index in [0.717, 1.165) is 12.8 Å². The first kappa shape index (κ1) is 30.8.